The molecule has 0 aromatic carbocycles. The molecule has 0 radical (unpaired) electrons. The molecule has 2 saturated heterocycles. The molecule has 3 rings (SSSR count). The van der Waals surface area contributed by atoms with E-state index in [4.69, 9.17) is 15.7 Å². The van der Waals surface area contributed by atoms with Gasteiger partial charge in [-0.3, -0.25) is 4.90 Å². The number of rotatable bonds is 3. The van der Waals surface area contributed by atoms with Crippen LogP contribution in [0, 0.1) is 0 Å². The predicted octanol–water partition coefficient (Wildman–Crippen LogP) is 2.08. The van der Waals surface area contributed by atoms with Crippen molar-refractivity contribution in [1.82, 2.24) is 4.90 Å². The Kier molecular flexibility index (Phi) is 4.17. The van der Waals surface area contributed by atoms with Crippen molar-refractivity contribution in [3.8, 4) is 0 Å². The number of ether oxygens (including phenoxy) is 1. The molecule has 5 heteroatoms. The normalized spacial score (nSPS) is 34.9. The van der Waals surface area contributed by atoms with Crippen molar-refractivity contribution < 1.29 is 9.94 Å². The average Bonchev–Trinajstić information content (AvgIpc) is 3.07. The van der Waals surface area contributed by atoms with Crippen molar-refractivity contribution in [3.63, 3.8) is 0 Å². The maximum Gasteiger partial charge on any atom is 0.156 e. The molecule has 3 fully saturated rings. The second kappa shape index (κ2) is 5.90. The number of nitrogens with two attached hydrogens (primary N) is 1. The summed E-state index contributed by atoms with van der Waals surface area (Å²) >= 11 is 0. The molecule has 0 aromatic rings. The van der Waals surface area contributed by atoms with Gasteiger partial charge in [0.25, 0.3) is 0 Å². The van der Waals surface area contributed by atoms with Gasteiger partial charge < -0.3 is 15.7 Å². The first-order valence-electron chi connectivity index (χ1n) is 8.12. The van der Waals surface area contributed by atoms with Crippen LogP contribution in [0.2, 0.25) is 0 Å². The molecule has 0 aromatic heterocycles. The highest BCUT2D eigenvalue weighted by Gasteiger charge is 2.42. The van der Waals surface area contributed by atoms with Crippen LogP contribution in [0.4, 0.5) is 0 Å². The minimum atomic E-state index is 0.103. The third-order valence-corrected chi connectivity index (χ3v) is 5.36. The Bertz CT molecular complexity index is 366. The van der Waals surface area contributed by atoms with Crippen LogP contribution in [0.3, 0.4) is 0 Å². The van der Waals surface area contributed by atoms with Gasteiger partial charge in [0.15, 0.2) is 5.84 Å². The summed E-state index contributed by atoms with van der Waals surface area (Å²) in [7, 11) is 0. The SMILES string of the molecule is NC(=NO)C1CCCN1CC1CCC2(CCCCC2)O1. The summed E-state index contributed by atoms with van der Waals surface area (Å²) in [5.41, 5.74) is 5.99. The largest absolute Gasteiger partial charge is 0.409 e. The van der Waals surface area contributed by atoms with Crippen molar-refractivity contribution in [2.24, 2.45) is 10.9 Å². The second-order valence-electron chi connectivity index (χ2n) is 6.70. The van der Waals surface area contributed by atoms with Crippen molar-refractivity contribution in [3.05, 3.63) is 0 Å². The van der Waals surface area contributed by atoms with E-state index in [1.807, 2.05) is 0 Å². The van der Waals surface area contributed by atoms with Gasteiger partial charge in [-0.15, -0.1) is 0 Å². The Morgan fingerprint density at radius 1 is 1.20 bits per heavy atom. The molecule has 2 heterocycles. The third-order valence-electron chi connectivity index (χ3n) is 5.36. The molecule has 2 atom stereocenters. The number of likely N-dealkylation sites (tertiary alicyclic amines) is 1. The van der Waals surface area contributed by atoms with Gasteiger partial charge in [0.05, 0.1) is 17.7 Å². The number of hydrogen-bond donors (Lipinski definition) is 2. The maximum absolute atomic E-state index is 8.88. The van der Waals surface area contributed by atoms with E-state index in [-0.39, 0.29) is 11.6 Å². The summed E-state index contributed by atoms with van der Waals surface area (Å²) in [5.74, 6) is 0.355. The van der Waals surface area contributed by atoms with Gasteiger partial charge in [0.1, 0.15) is 0 Å². The standard InChI is InChI=1S/C15H27N3O2/c16-14(17-19)13-5-4-10-18(13)11-12-6-9-15(20-12)7-2-1-3-8-15/h12-13,19H,1-11H2,(H2,16,17). The van der Waals surface area contributed by atoms with E-state index in [0.29, 0.717) is 11.9 Å². The van der Waals surface area contributed by atoms with Gasteiger partial charge in [-0.2, -0.15) is 0 Å². The molecule has 114 valence electrons. The Hall–Kier alpha value is -0.810. The van der Waals surface area contributed by atoms with E-state index in [1.165, 1.54) is 44.9 Å². The van der Waals surface area contributed by atoms with Gasteiger partial charge in [-0.05, 0) is 45.1 Å². The predicted molar refractivity (Wildman–Crippen MR) is 77.9 cm³/mol. The second-order valence-corrected chi connectivity index (χ2v) is 6.70. The van der Waals surface area contributed by atoms with Crippen LogP contribution < -0.4 is 5.73 Å². The van der Waals surface area contributed by atoms with Crippen molar-refractivity contribution in [2.75, 3.05) is 13.1 Å². The van der Waals surface area contributed by atoms with Crippen molar-refractivity contribution in [1.29, 1.82) is 0 Å². The van der Waals surface area contributed by atoms with Crippen molar-refractivity contribution >= 4 is 5.84 Å². The first-order chi connectivity index (χ1) is 9.72. The first kappa shape index (κ1) is 14.1. The highest BCUT2D eigenvalue weighted by atomic mass is 16.5. The van der Waals surface area contributed by atoms with Gasteiger partial charge in [0.2, 0.25) is 0 Å². The van der Waals surface area contributed by atoms with Crippen molar-refractivity contribution in [2.45, 2.75) is 75.5 Å². The molecule has 1 saturated carbocycles. The molecule has 5 nitrogen and oxygen atoms in total. The Morgan fingerprint density at radius 2 is 2.00 bits per heavy atom. The topological polar surface area (TPSA) is 71.1 Å². The number of nitrogens with zero attached hydrogens (tertiary/aromatic N) is 2. The van der Waals surface area contributed by atoms with Crippen LogP contribution >= 0.6 is 0 Å². The molecular weight excluding hydrogens is 254 g/mol. The molecule has 1 aliphatic carbocycles. The van der Waals surface area contributed by atoms with E-state index in [9.17, 15) is 0 Å². The average molecular weight is 281 g/mol. The van der Waals surface area contributed by atoms with E-state index in [2.05, 4.69) is 10.1 Å². The van der Waals surface area contributed by atoms with E-state index >= 15 is 0 Å². The summed E-state index contributed by atoms with van der Waals surface area (Å²) in [5, 5.41) is 12.1. The smallest absolute Gasteiger partial charge is 0.156 e. The molecule has 0 amide bonds. The summed E-state index contributed by atoms with van der Waals surface area (Å²) in [4.78, 5) is 2.33. The molecule has 0 bridgehead atoms. The molecule has 1 spiro atoms. The van der Waals surface area contributed by atoms with Crippen LogP contribution in [0.15, 0.2) is 5.16 Å². The van der Waals surface area contributed by atoms with Gasteiger partial charge in [0, 0.05) is 6.54 Å². The summed E-state index contributed by atoms with van der Waals surface area (Å²) < 4.78 is 6.43. The molecule has 3 aliphatic rings. The summed E-state index contributed by atoms with van der Waals surface area (Å²) in [6, 6.07) is 0.103. The minimum Gasteiger partial charge on any atom is -0.409 e. The zero-order valence-corrected chi connectivity index (χ0v) is 12.3. The lowest BCUT2D eigenvalue weighted by Gasteiger charge is -2.34. The lowest BCUT2D eigenvalue weighted by molar-refractivity contribution is -0.0714. The Labute approximate surface area is 121 Å². The fraction of sp³-hybridized carbons (Fsp3) is 0.933. The molecule has 2 unspecified atom stereocenters. The zero-order chi connectivity index (χ0) is 14.0. The lowest BCUT2D eigenvalue weighted by atomic mass is 9.83. The third kappa shape index (κ3) is 2.79. The van der Waals surface area contributed by atoms with Gasteiger partial charge in [-0.25, -0.2) is 0 Å². The fourth-order valence-electron chi connectivity index (χ4n) is 4.30. The van der Waals surface area contributed by atoms with Crippen LogP contribution in [-0.2, 0) is 4.74 Å². The van der Waals surface area contributed by atoms with E-state index < -0.39 is 0 Å². The summed E-state index contributed by atoms with van der Waals surface area (Å²) in [6.07, 6.45) is 11.3. The zero-order valence-electron chi connectivity index (χ0n) is 12.3. The van der Waals surface area contributed by atoms with E-state index in [1.54, 1.807) is 0 Å². The van der Waals surface area contributed by atoms with Crippen LogP contribution in [0.5, 0.6) is 0 Å². The van der Waals surface area contributed by atoms with Gasteiger partial charge in [-0.1, -0.05) is 24.4 Å². The number of oxime groups is 1. The first-order valence-corrected chi connectivity index (χ1v) is 8.12. The molecular formula is C15H27N3O2. The lowest BCUT2D eigenvalue weighted by Crippen LogP contribution is -2.44. The Morgan fingerprint density at radius 3 is 2.75 bits per heavy atom. The highest BCUT2D eigenvalue weighted by Crippen LogP contribution is 2.42. The minimum absolute atomic E-state index is 0.103. The maximum atomic E-state index is 8.88. The number of hydrogen-bond acceptors (Lipinski definition) is 4. The molecule has 20 heavy (non-hydrogen) atoms. The molecule has 2 aliphatic heterocycles. The summed E-state index contributed by atoms with van der Waals surface area (Å²) in [6.45, 7) is 1.97. The van der Waals surface area contributed by atoms with Gasteiger partial charge >= 0.3 is 0 Å². The van der Waals surface area contributed by atoms with Crippen LogP contribution in [0.1, 0.15) is 57.8 Å². The fourth-order valence-corrected chi connectivity index (χ4v) is 4.30. The highest BCUT2D eigenvalue weighted by molar-refractivity contribution is 5.85. The monoisotopic (exact) mass is 281 g/mol. The number of amidine groups is 1. The van der Waals surface area contributed by atoms with E-state index in [0.717, 1.165) is 25.9 Å². The Balaban J connectivity index is 1.56. The van der Waals surface area contributed by atoms with Crippen LogP contribution in [0.25, 0.3) is 0 Å². The molecule has 3 N–H and O–H groups in total. The quantitative estimate of drug-likeness (QED) is 0.359. The van der Waals surface area contributed by atoms with Crippen LogP contribution in [-0.4, -0.2) is 46.8 Å².